The molecule has 2 aromatic rings. The summed E-state index contributed by atoms with van der Waals surface area (Å²) in [6, 6.07) is 7.01. The van der Waals surface area contributed by atoms with E-state index in [1.54, 1.807) is 13.0 Å². The summed E-state index contributed by atoms with van der Waals surface area (Å²) in [5, 5.41) is 7.02. The van der Waals surface area contributed by atoms with Gasteiger partial charge in [0.2, 0.25) is 0 Å². The predicted molar refractivity (Wildman–Crippen MR) is 61.5 cm³/mol. The number of hydrogen-bond acceptors (Lipinski definition) is 2. The van der Waals surface area contributed by atoms with E-state index < -0.39 is 0 Å². The van der Waals surface area contributed by atoms with Crippen LogP contribution in [0.25, 0.3) is 11.3 Å². The monoisotopic (exact) mass is 219 g/mol. The van der Waals surface area contributed by atoms with Gasteiger partial charge in [-0.3, -0.25) is 5.10 Å². The second-order valence-electron chi connectivity index (χ2n) is 3.78. The lowest BCUT2D eigenvalue weighted by Gasteiger charge is -1.99. The molecule has 0 bridgehead atoms. The van der Waals surface area contributed by atoms with Crippen LogP contribution in [0.4, 0.5) is 4.39 Å². The zero-order chi connectivity index (χ0) is 11.5. The van der Waals surface area contributed by atoms with E-state index in [1.807, 2.05) is 12.1 Å². The number of hydrogen-bond donors (Lipinski definition) is 2. The second kappa shape index (κ2) is 4.45. The Labute approximate surface area is 93.5 Å². The maximum Gasteiger partial charge on any atom is 0.126 e. The number of halogens is 1. The van der Waals surface area contributed by atoms with Crippen LogP contribution in [0.5, 0.6) is 0 Å². The minimum Gasteiger partial charge on any atom is -0.330 e. The molecule has 0 aliphatic heterocycles. The molecule has 16 heavy (non-hydrogen) atoms. The predicted octanol–water partition coefficient (Wildman–Crippen LogP) is 2.03. The van der Waals surface area contributed by atoms with Crippen LogP contribution < -0.4 is 5.73 Å². The van der Waals surface area contributed by atoms with Crippen LogP contribution in [0.3, 0.4) is 0 Å². The van der Waals surface area contributed by atoms with Crippen molar-refractivity contribution in [2.75, 3.05) is 6.54 Å². The third-order valence-electron chi connectivity index (χ3n) is 2.51. The van der Waals surface area contributed by atoms with Crippen molar-refractivity contribution in [2.24, 2.45) is 5.73 Å². The molecule has 2 rings (SSSR count). The Morgan fingerprint density at radius 1 is 1.38 bits per heavy atom. The average Bonchev–Trinajstić information content (AvgIpc) is 2.71. The van der Waals surface area contributed by atoms with Gasteiger partial charge in [0.1, 0.15) is 5.82 Å². The van der Waals surface area contributed by atoms with Gasteiger partial charge < -0.3 is 5.73 Å². The number of aromatic amines is 1. The summed E-state index contributed by atoms with van der Waals surface area (Å²) in [4.78, 5) is 0. The maximum absolute atomic E-state index is 13.4. The van der Waals surface area contributed by atoms with Gasteiger partial charge >= 0.3 is 0 Å². The van der Waals surface area contributed by atoms with Gasteiger partial charge in [0.25, 0.3) is 0 Å². The quantitative estimate of drug-likeness (QED) is 0.829. The number of aryl methyl sites for hydroxylation is 1. The molecule has 0 fully saturated rings. The van der Waals surface area contributed by atoms with Gasteiger partial charge in [0.05, 0.1) is 5.69 Å². The van der Waals surface area contributed by atoms with Crippen LogP contribution in [0, 0.1) is 12.7 Å². The molecule has 3 N–H and O–H groups in total. The lowest BCUT2D eigenvalue weighted by atomic mass is 10.1. The molecule has 0 radical (unpaired) electrons. The van der Waals surface area contributed by atoms with E-state index in [2.05, 4.69) is 10.2 Å². The Bertz CT molecular complexity index is 491. The summed E-state index contributed by atoms with van der Waals surface area (Å²) in [7, 11) is 0. The molecule has 84 valence electrons. The molecule has 0 saturated heterocycles. The van der Waals surface area contributed by atoms with Crippen molar-refractivity contribution in [1.82, 2.24) is 10.2 Å². The molecule has 0 amide bonds. The van der Waals surface area contributed by atoms with Crippen molar-refractivity contribution in [3.05, 3.63) is 41.3 Å². The zero-order valence-corrected chi connectivity index (χ0v) is 9.13. The number of nitrogens with zero attached hydrogens (tertiary/aromatic N) is 1. The summed E-state index contributed by atoms with van der Waals surface area (Å²) >= 11 is 0. The molecule has 0 unspecified atom stereocenters. The first-order chi connectivity index (χ1) is 7.70. The SMILES string of the molecule is Cc1ccc(-c2cc(CCN)[nH]n2)cc1F. The van der Waals surface area contributed by atoms with Crippen LogP contribution in [0.2, 0.25) is 0 Å². The third-order valence-corrected chi connectivity index (χ3v) is 2.51. The number of rotatable bonds is 3. The minimum absolute atomic E-state index is 0.208. The van der Waals surface area contributed by atoms with Crippen molar-refractivity contribution in [3.63, 3.8) is 0 Å². The van der Waals surface area contributed by atoms with Gasteiger partial charge in [-0.25, -0.2) is 4.39 Å². The maximum atomic E-state index is 13.4. The standard InChI is InChI=1S/C12H14FN3/c1-8-2-3-9(6-11(8)13)12-7-10(4-5-14)15-16-12/h2-3,6-7H,4-5,14H2,1H3,(H,15,16). The molecule has 0 aliphatic carbocycles. The first-order valence-corrected chi connectivity index (χ1v) is 5.21. The lowest BCUT2D eigenvalue weighted by Crippen LogP contribution is -2.02. The van der Waals surface area contributed by atoms with Gasteiger partial charge in [-0.15, -0.1) is 0 Å². The molecule has 4 heteroatoms. The zero-order valence-electron chi connectivity index (χ0n) is 9.13. The van der Waals surface area contributed by atoms with E-state index in [9.17, 15) is 4.39 Å². The molecule has 0 spiro atoms. The third kappa shape index (κ3) is 2.12. The smallest absolute Gasteiger partial charge is 0.126 e. The van der Waals surface area contributed by atoms with Gasteiger partial charge in [-0.1, -0.05) is 12.1 Å². The van der Waals surface area contributed by atoms with E-state index in [4.69, 9.17) is 5.73 Å². The minimum atomic E-state index is -0.208. The highest BCUT2D eigenvalue weighted by Gasteiger charge is 2.05. The number of nitrogens with one attached hydrogen (secondary N) is 1. The van der Waals surface area contributed by atoms with E-state index in [-0.39, 0.29) is 5.82 Å². The fourth-order valence-electron chi connectivity index (χ4n) is 1.55. The lowest BCUT2D eigenvalue weighted by molar-refractivity contribution is 0.619. The Balaban J connectivity index is 2.31. The summed E-state index contributed by atoms with van der Waals surface area (Å²) in [6.07, 6.45) is 0.751. The number of nitrogens with two attached hydrogens (primary N) is 1. The number of benzene rings is 1. The van der Waals surface area contributed by atoms with Gasteiger partial charge in [-0.05, 0) is 31.2 Å². The van der Waals surface area contributed by atoms with E-state index >= 15 is 0 Å². The van der Waals surface area contributed by atoms with Crippen LogP contribution in [0.1, 0.15) is 11.3 Å². The van der Waals surface area contributed by atoms with Crippen LogP contribution in [0.15, 0.2) is 24.3 Å². The summed E-state index contributed by atoms with van der Waals surface area (Å²) in [6.45, 7) is 2.31. The number of aromatic nitrogens is 2. The summed E-state index contributed by atoms with van der Waals surface area (Å²) < 4.78 is 13.4. The van der Waals surface area contributed by atoms with Crippen molar-refractivity contribution in [2.45, 2.75) is 13.3 Å². The highest BCUT2D eigenvalue weighted by atomic mass is 19.1. The summed E-state index contributed by atoms with van der Waals surface area (Å²) in [5.41, 5.74) is 8.59. The highest BCUT2D eigenvalue weighted by molar-refractivity contribution is 5.59. The van der Waals surface area contributed by atoms with Crippen molar-refractivity contribution in [3.8, 4) is 11.3 Å². The first kappa shape index (κ1) is 10.8. The van der Waals surface area contributed by atoms with Gasteiger partial charge in [0, 0.05) is 17.7 Å². The van der Waals surface area contributed by atoms with Crippen molar-refractivity contribution < 1.29 is 4.39 Å². The Morgan fingerprint density at radius 2 is 2.19 bits per heavy atom. The highest BCUT2D eigenvalue weighted by Crippen LogP contribution is 2.20. The molecular weight excluding hydrogens is 205 g/mol. The van der Waals surface area contributed by atoms with E-state index in [1.165, 1.54) is 6.07 Å². The summed E-state index contributed by atoms with van der Waals surface area (Å²) in [5.74, 6) is -0.208. The molecule has 1 aromatic heterocycles. The molecule has 3 nitrogen and oxygen atoms in total. The molecular formula is C12H14FN3. The van der Waals surface area contributed by atoms with E-state index in [0.717, 1.165) is 23.4 Å². The molecule has 0 aliphatic rings. The van der Waals surface area contributed by atoms with Crippen LogP contribution in [-0.4, -0.2) is 16.7 Å². The van der Waals surface area contributed by atoms with E-state index in [0.29, 0.717) is 12.1 Å². The molecule has 0 atom stereocenters. The van der Waals surface area contributed by atoms with Crippen molar-refractivity contribution in [1.29, 1.82) is 0 Å². The van der Waals surface area contributed by atoms with Gasteiger partial charge in [0.15, 0.2) is 0 Å². The topological polar surface area (TPSA) is 54.7 Å². The average molecular weight is 219 g/mol. The Kier molecular flexibility index (Phi) is 3.01. The Morgan fingerprint density at radius 3 is 2.88 bits per heavy atom. The Hall–Kier alpha value is -1.68. The molecule has 0 saturated carbocycles. The second-order valence-corrected chi connectivity index (χ2v) is 3.78. The van der Waals surface area contributed by atoms with Crippen LogP contribution >= 0.6 is 0 Å². The molecule has 1 heterocycles. The largest absolute Gasteiger partial charge is 0.330 e. The molecule has 1 aromatic carbocycles. The fraction of sp³-hybridized carbons (Fsp3) is 0.250. The number of H-pyrrole nitrogens is 1. The van der Waals surface area contributed by atoms with Crippen LogP contribution in [-0.2, 0) is 6.42 Å². The first-order valence-electron chi connectivity index (χ1n) is 5.21. The van der Waals surface area contributed by atoms with Crippen molar-refractivity contribution >= 4 is 0 Å². The van der Waals surface area contributed by atoms with Gasteiger partial charge in [-0.2, -0.15) is 5.10 Å². The normalized spacial score (nSPS) is 10.7. The fourth-order valence-corrected chi connectivity index (χ4v) is 1.55.